The van der Waals surface area contributed by atoms with Gasteiger partial charge in [-0.15, -0.1) is 0 Å². The Hall–Kier alpha value is -0.687. The molecule has 0 saturated carbocycles. The molecule has 64 valence electrons. The molecule has 0 saturated heterocycles. The van der Waals surface area contributed by atoms with Crippen LogP contribution in [0.3, 0.4) is 0 Å². The van der Waals surface area contributed by atoms with E-state index in [0.29, 0.717) is 5.52 Å². The van der Waals surface area contributed by atoms with E-state index in [4.69, 9.17) is 0 Å². The van der Waals surface area contributed by atoms with Gasteiger partial charge in [0.05, 0.1) is 0 Å². The molecule has 3 heteroatoms. The summed E-state index contributed by atoms with van der Waals surface area (Å²) in [5.74, 6) is 0.246. The van der Waals surface area contributed by atoms with Crippen molar-refractivity contribution in [2.75, 3.05) is 0 Å². The first-order valence-corrected chi connectivity index (χ1v) is 3.82. The third kappa shape index (κ3) is 1.81. The zero-order valence-electron chi connectivity index (χ0n) is 7.28. The minimum Gasteiger partial charge on any atom is -0.506 e. The van der Waals surface area contributed by atoms with Crippen LogP contribution in [0.5, 0.6) is 5.75 Å². The van der Waals surface area contributed by atoms with Crippen molar-refractivity contribution in [3.63, 3.8) is 0 Å². The van der Waals surface area contributed by atoms with E-state index in [0.717, 1.165) is 10.9 Å². The first-order valence-electron chi connectivity index (χ1n) is 3.82. The van der Waals surface area contributed by atoms with Crippen LogP contribution >= 0.6 is 0 Å². The van der Waals surface area contributed by atoms with E-state index in [9.17, 15) is 5.11 Å². The van der Waals surface area contributed by atoms with Crippen LogP contribution in [-0.4, -0.2) is 10.1 Å². The van der Waals surface area contributed by atoms with Crippen molar-refractivity contribution in [1.29, 1.82) is 0 Å². The first-order chi connectivity index (χ1) is 5.79. The van der Waals surface area contributed by atoms with Gasteiger partial charge in [-0.05, 0) is 24.6 Å². The summed E-state index contributed by atoms with van der Waals surface area (Å²) in [4.78, 5) is 4.09. The van der Waals surface area contributed by atoms with Crippen LogP contribution in [0.4, 0.5) is 0 Å². The summed E-state index contributed by atoms with van der Waals surface area (Å²) in [5.41, 5.74) is 1.81. The van der Waals surface area contributed by atoms with E-state index in [1.807, 2.05) is 25.1 Å². The average Bonchev–Trinajstić information content (AvgIpc) is 2.12. The number of hydrogen-bond donors (Lipinski definition) is 1. The number of rotatable bonds is 0. The van der Waals surface area contributed by atoms with E-state index >= 15 is 0 Å². The molecular formula is C10H9NOZr. The number of phenolic OH excluding ortho intramolecular Hbond substituents is 1. The molecule has 0 radical (unpaired) electrons. The maximum Gasteiger partial charge on any atom is 0.141 e. The summed E-state index contributed by atoms with van der Waals surface area (Å²) in [7, 11) is 0. The van der Waals surface area contributed by atoms with Crippen LogP contribution in [0.2, 0.25) is 0 Å². The van der Waals surface area contributed by atoms with Crippen LogP contribution in [0.25, 0.3) is 10.9 Å². The smallest absolute Gasteiger partial charge is 0.141 e. The standard InChI is InChI=1S/C10H9NO.Zr/c1-7-4-5-9(12)10-8(7)3-2-6-11-10;/h2-6,12H,1H3;. The predicted octanol–water partition coefficient (Wildman–Crippen LogP) is 2.25. The third-order valence-corrected chi connectivity index (χ3v) is 1.97. The molecular weight excluding hydrogens is 241 g/mol. The van der Waals surface area contributed by atoms with Crippen LogP contribution in [0.1, 0.15) is 5.56 Å². The van der Waals surface area contributed by atoms with E-state index in [2.05, 4.69) is 4.98 Å². The molecule has 1 N–H and O–H groups in total. The molecule has 2 aromatic rings. The SMILES string of the molecule is Cc1ccc(O)c2ncccc12.[Zr]. The van der Waals surface area contributed by atoms with Crippen molar-refractivity contribution >= 4 is 10.9 Å². The molecule has 0 amide bonds. The number of hydrogen-bond acceptors (Lipinski definition) is 2. The maximum atomic E-state index is 9.43. The van der Waals surface area contributed by atoms with Gasteiger partial charge in [0.1, 0.15) is 11.3 Å². The minimum atomic E-state index is 0. The molecule has 0 aliphatic rings. The summed E-state index contributed by atoms with van der Waals surface area (Å²) in [6.07, 6.45) is 1.68. The summed E-state index contributed by atoms with van der Waals surface area (Å²) < 4.78 is 0. The van der Waals surface area contributed by atoms with Crippen LogP contribution in [0.15, 0.2) is 30.5 Å². The van der Waals surface area contributed by atoms with Gasteiger partial charge in [-0.25, -0.2) is 0 Å². The minimum absolute atomic E-state index is 0. The normalized spacial score (nSPS) is 9.62. The monoisotopic (exact) mass is 249 g/mol. The Bertz CT molecular complexity index is 388. The Kier molecular flexibility index (Phi) is 3.21. The van der Waals surface area contributed by atoms with Gasteiger partial charge in [-0.1, -0.05) is 12.1 Å². The van der Waals surface area contributed by atoms with Crippen molar-refractivity contribution in [1.82, 2.24) is 4.98 Å². The molecule has 0 aliphatic carbocycles. The van der Waals surface area contributed by atoms with E-state index in [-0.39, 0.29) is 32.0 Å². The van der Waals surface area contributed by atoms with Crippen LogP contribution in [0, 0.1) is 6.92 Å². The molecule has 0 fully saturated rings. The Morgan fingerprint density at radius 2 is 2.00 bits per heavy atom. The van der Waals surface area contributed by atoms with Crippen molar-refractivity contribution in [2.45, 2.75) is 6.92 Å². The quantitative estimate of drug-likeness (QED) is 0.778. The fourth-order valence-corrected chi connectivity index (χ4v) is 1.30. The van der Waals surface area contributed by atoms with Crippen molar-refractivity contribution < 1.29 is 31.3 Å². The number of pyridine rings is 1. The first kappa shape index (κ1) is 10.4. The number of aromatic hydroxyl groups is 1. The molecule has 0 aliphatic heterocycles. The zero-order chi connectivity index (χ0) is 8.55. The molecule has 0 unspecified atom stereocenters. The van der Waals surface area contributed by atoms with Crippen LogP contribution in [-0.2, 0) is 26.2 Å². The summed E-state index contributed by atoms with van der Waals surface area (Å²) in [6, 6.07) is 7.39. The van der Waals surface area contributed by atoms with E-state index < -0.39 is 0 Å². The van der Waals surface area contributed by atoms with E-state index in [1.165, 1.54) is 0 Å². The van der Waals surface area contributed by atoms with Crippen molar-refractivity contribution in [3.05, 3.63) is 36.0 Å². The van der Waals surface area contributed by atoms with Gasteiger partial charge >= 0.3 is 0 Å². The fraction of sp³-hybridized carbons (Fsp3) is 0.100. The summed E-state index contributed by atoms with van der Waals surface area (Å²) in [6.45, 7) is 2.00. The van der Waals surface area contributed by atoms with Gasteiger partial charge in [0.15, 0.2) is 0 Å². The molecule has 0 bridgehead atoms. The molecule has 2 rings (SSSR count). The third-order valence-electron chi connectivity index (χ3n) is 1.97. The van der Waals surface area contributed by atoms with Crippen LogP contribution < -0.4 is 0 Å². The second-order valence-electron chi connectivity index (χ2n) is 2.80. The molecule has 1 aromatic heterocycles. The molecule has 0 atom stereocenters. The topological polar surface area (TPSA) is 33.1 Å². The molecule has 13 heavy (non-hydrogen) atoms. The van der Waals surface area contributed by atoms with Gasteiger partial charge < -0.3 is 5.11 Å². The second kappa shape index (κ2) is 4.01. The van der Waals surface area contributed by atoms with Crippen molar-refractivity contribution in [2.24, 2.45) is 0 Å². The number of nitrogens with zero attached hydrogens (tertiary/aromatic N) is 1. The molecule has 2 nitrogen and oxygen atoms in total. The number of aryl methyl sites for hydroxylation is 1. The van der Waals surface area contributed by atoms with Crippen molar-refractivity contribution in [3.8, 4) is 5.75 Å². The maximum absolute atomic E-state index is 9.43. The van der Waals surface area contributed by atoms with Gasteiger partial charge in [0.2, 0.25) is 0 Å². The summed E-state index contributed by atoms with van der Waals surface area (Å²) >= 11 is 0. The predicted molar refractivity (Wildman–Crippen MR) is 48.1 cm³/mol. The number of aromatic nitrogens is 1. The molecule has 1 heterocycles. The second-order valence-corrected chi connectivity index (χ2v) is 2.80. The Balaban J connectivity index is 0.000000845. The Morgan fingerprint density at radius 1 is 1.23 bits per heavy atom. The Labute approximate surface area is 95.7 Å². The summed E-state index contributed by atoms with van der Waals surface area (Å²) in [5, 5.41) is 10.4. The fourth-order valence-electron chi connectivity index (χ4n) is 1.30. The van der Waals surface area contributed by atoms with Gasteiger partial charge in [-0.2, -0.15) is 0 Å². The van der Waals surface area contributed by atoms with Gasteiger partial charge in [0, 0.05) is 37.8 Å². The van der Waals surface area contributed by atoms with Gasteiger partial charge in [0.25, 0.3) is 0 Å². The molecule has 1 aromatic carbocycles. The average molecular weight is 250 g/mol. The number of benzene rings is 1. The molecule has 0 spiro atoms. The number of phenols is 1. The Morgan fingerprint density at radius 3 is 2.69 bits per heavy atom. The zero-order valence-corrected chi connectivity index (χ0v) is 9.74. The largest absolute Gasteiger partial charge is 0.506 e. The number of fused-ring (bicyclic) bond motifs is 1. The van der Waals surface area contributed by atoms with E-state index in [1.54, 1.807) is 12.3 Å². The van der Waals surface area contributed by atoms with Gasteiger partial charge in [-0.3, -0.25) is 4.98 Å².